The van der Waals surface area contributed by atoms with Gasteiger partial charge in [0.25, 0.3) is 5.69 Å². The number of carbonyl (C=O) groups excluding carboxylic acids is 1. The smallest absolute Gasteiger partial charge is 0.394 e. The molecule has 1 aliphatic heterocycles. The van der Waals surface area contributed by atoms with Crippen LogP contribution >= 0.6 is 0 Å². The average molecular weight is 511 g/mol. The third-order valence-corrected chi connectivity index (χ3v) is 5.09. The number of aliphatic hydroxyl groups is 2. The van der Waals surface area contributed by atoms with Crippen LogP contribution in [0, 0.1) is 22.0 Å². The molecule has 1 fully saturated rings. The van der Waals surface area contributed by atoms with Crippen LogP contribution < -0.4 is 16.3 Å². The fraction of sp³-hybridized carbons (Fsp3) is 0.381. The molecule has 2 heterocycles. The van der Waals surface area contributed by atoms with Gasteiger partial charge in [-0.25, -0.2) is 4.79 Å². The molecule has 0 bridgehead atoms. The van der Waals surface area contributed by atoms with Crippen LogP contribution in [0.2, 0.25) is 0 Å². The van der Waals surface area contributed by atoms with Crippen molar-refractivity contribution in [3.8, 4) is 11.8 Å². The van der Waals surface area contributed by atoms with Crippen LogP contribution in [0.25, 0.3) is 0 Å². The molecule has 12 nitrogen and oxygen atoms in total. The number of halogens is 3. The van der Waals surface area contributed by atoms with Gasteiger partial charge in [0.1, 0.15) is 18.1 Å². The molecular weight excluding hydrogens is 491 g/mol. The van der Waals surface area contributed by atoms with Gasteiger partial charge in [0.05, 0.1) is 24.2 Å². The maximum absolute atomic E-state index is 12.4. The van der Waals surface area contributed by atoms with Crippen molar-refractivity contribution in [3.63, 3.8) is 0 Å². The monoisotopic (exact) mass is 511 g/mol. The van der Waals surface area contributed by atoms with Crippen molar-refractivity contribution in [2.45, 2.75) is 37.6 Å². The van der Waals surface area contributed by atoms with Gasteiger partial charge in [0.15, 0.2) is 0 Å². The predicted octanol–water partition coefficient (Wildman–Crippen LogP) is 0.434. The molecule has 1 amide bonds. The molecule has 0 spiro atoms. The van der Waals surface area contributed by atoms with Crippen molar-refractivity contribution in [2.24, 2.45) is 0 Å². The van der Waals surface area contributed by atoms with Crippen molar-refractivity contribution in [1.82, 2.24) is 14.9 Å². The molecule has 1 saturated heterocycles. The molecular formula is C21H20F3N5O7. The standard InChI is InChI=1S/C21H20F3N5O7/c22-21(23,24)19(32)25-6-1-2-12-3-4-13(14(8-12)29(34)35)10-26-17-5-7-28(20(33)27-17)18-9-15(31)16(11-30)36-18/h3-5,7-8,15-16,18,30-31H,6,9-11H2,(H,25,32)(H,26,27,33)/t15?,16-,18-/m1/s1. The van der Waals surface area contributed by atoms with Gasteiger partial charge < -0.3 is 25.6 Å². The first kappa shape index (κ1) is 26.6. The molecule has 1 aliphatic rings. The van der Waals surface area contributed by atoms with Crippen LogP contribution in [0.1, 0.15) is 23.8 Å². The number of anilines is 1. The Balaban J connectivity index is 1.66. The van der Waals surface area contributed by atoms with Crippen LogP contribution in [-0.2, 0) is 16.1 Å². The summed E-state index contributed by atoms with van der Waals surface area (Å²) in [5.74, 6) is 2.70. The summed E-state index contributed by atoms with van der Waals surface area (Å²) < 4.78 is 43.0. The third-order valence-electron chi connectivity index (χ3n) is 5.09. The molecule has 2 aromatic rings. The quantitative estimate of drug-likeness (QED) is 0.234. The number of aliphatic hydroxyl groups excluding tert-OH is 2. The van der Waals surface area contributed by atoms with E-state index in [0.29, 0.717) is 0 Å². The Labute approximate surface area is 200 Å². The van der Waals surface area contributed by atoms with Crippen molar-refractivity contribution >= 4 is 17.4 Å². The predicted molar refractivity (Wildman–Crippen MR) is 116 cm³/mol. The zero-order valence-corrected chi connectivity index (χ0v) is 18.4. The highest BCUT2D eigenvalue weighted by Crippen LogP contribution is 2.27. The first-order chi connectivity index (χ1) is 17.0. The Morgan fingerprint density at radius 1 is 1.36 bits per heavy atom. The molecule has 15 heteroatoms. The number of nitrogens with zero attached hydrogens (tertiary/aromatic N) is 3. The van der Waals surface area contributed by atoms with Crippen molar-refractivity contribution in [1.29, 1.82) is 0 Å². The van der Waals surface area contributed by atoms with E-state index in [2.05, 4.69) is 22.1 Å². The highest BCUT2D eigenvalue weighted by Gasteiger charge is 2.38. The lowest BCUT2D eigenvalue weighted by atomic mass is 10.1. The van der Waals surface area contributed by atoms with E-state index in [1.807, 2.05) is 0 Å². The minimum atomic E-state index is -5.04. The lowest BCUT2D eigenvalue weighted by Gasteiger charge is -2.15. The highest BCUT2D eigenvalue weighted by atomic mass is 19.4. The van der Waals surface area contributed by atoms with E-state index in [-0.39, 0.29) is 35.6 Å². The van der Waals surface area contributed by atoms with E-state index in [0.717, 1.165) is 10.6 Å². The molecule has 1 aromatic heterocycles. The second kappa shape index (κ2) is 11.2. The normalized spacial score (nSPS) is 19.3. The summed E-state index contributed by atoms with van der Waals surface area (Å²) in [4.78, 5) is 37.7. The first-order valence-electron chi connectivity index (χ1n) is 10.4. The number of nitro groups is 1. The number of hydrogen-bond donors (Lipinski definition) is 4. The van der Waals surface area contributed by atoms with Gasteiger partial charge in [-0.3, -0.25) is 19.5 Å². The summed E-state index contributed by atoms with van der Waals surface area (Å²) >= 11 is 0. The summed E-state index contributed by atoms with van der Waals surface area (Å²) in [6.07, 6.45) is -6.12. The summed E-state index contributed by atoms with van der Waals surface area (Å²) in [5.41, 5.74) is -0.666. The van der Waals surface area contributed by atoms with Crippen molar-refractivity contribution in [3.05, 3.63) is 62.2 Å². The van der Waals surface area contributed by atoms with Gasteiger partial charge in [0, 0.05) is 36.4 Å². The van der Waals surface area contributed by atoms with Gasteiger partial charge in [-0.1, -0.05) is 11.8 Å². The minimum absolute atomic E-state index is 0.0899. The van der Waals surface area contributed by atoms with Crippen LogP contribution in [0.3, 0.4) is 0 Å². The molecule has 0 aliphatic carbocycles. The second-order valence-corrected chi connectivity index (χ2v) is 7.55. The molecule has 3 atom stereocenters. The zero-order valence-electron chi connectivity index (χ0n) is 18.4. The molecule has 192 valence electrons. The number of aromatic nitrogens is 2. The van der Waals surface area contributed by atoms with Crippen molar-refractivity contribution in [2.75, 3.05) is 18.5 Å². The Morgan fingerprint density at radius 2 is 2.11 bits per heavy atom. The second-order valence-electron chi connectivity index (χ2n) is 7.55. The van der Waals surface area contributed by atoms with Crippen LogP contribution in [0.15, 0.2) is 35.3 Å². The number of hydrogen-bond acceptors (Lipinski definition) is 9. The zero-order chi connectivity index (χ0) is 26.5. The number of amides is 1. The highest BCUT2D eigenvalue weighted by molar-refractivity contribution is 5.81. The minimum Gasteiger partial charge on any atom is -0.394 e. The lowest BCUT2D eigenvalue weighted by Crippen LogP contribution is -2.36. The van der Waals surface area contributed by atoms with E-state index >= 15 is 0 Å². The van der Waals surface area contributed by atoms with E-state index in [9.17, 15) is 38.0 Å². The van der Waals surface area contributed by atoms with Gasteiger partial charge in [-0.2, -0.15) is 18.2 Å². The molecule has 1 unspecified atom stereocenters. The Hall–Kier alpha value is -4.00. The average Bonchev–Trinajstić information content (AvgIpc) is 3.20. The number of benzene rings is 1. The van der Waals surface area contributed by atoms with E-state index in [4.69, 9.17) is 9.84 Å². The first-order valence-corrected chi connectivity index (χ1v) is 10.4. The molecule has 36 heavy (non-hydrogen) atoms. The lowest BCUT2D eigenvalue weighted by molar-refractivity contribution is -0.385. The molecule has 1 aromatic carbocycles. The molecule has 3 rings (SSSR count). The van der Waals surface area contributed by atoms with Gasteiger partial charge in [0.2, 0.25) is 0 Å². The van der Waals surface area contributed by atoms with Crippen LogP contribution in [0.4, 0.5) is 24.7 Å². The summed E-state index contributed by atoms with van der Waals surface area (Å²) in [6.45, 7) is -1.09. The summed E-state index contributed by atoms with van der Waals surface area (Å²) in [7, 11) is 0. The maximum atomic E-state index is 12.4. The Morgan fingerprint density at radius 3 is 2.72 bits per heavy atom. The number of nitro benzene ring substituents is 1. The van der Waals surface area contributed by atoms with E-state index < -0.39 is 54.3 Å². The largest absolute Gasteiger partial charge is 0.471 e. The van der Waals surface area contributed by atoms with Gasteiger partial charge in [-0.05, 0) is 18.2 Å². The molecule has 0 radical (unpaired) electrons. The van der Waals surface area contributed by atoms with E-state index in [1.54, 1.807) is 5.32 Å². The molecule has 0 saturated carbocycles. The number of ether oxygens (including phenoxy) is 1. The van der Waals surface area contributed by atoms with Crippen molar-refractivity contribution < 1.29 is 37.8 Å². The van der Waals surface area contributed by atoms with E-state index in [1.165, 1.54) is 24.4 Å². The molecule has 4 N–H and O–H groups in total. The Bertz CT molecular complexity index is 1250. The number of nitrogens with one attached hydrogen (secondary N) is 2. The van der Waals surface area contributed by atoms with Crippen LogP contribution in [-0.4, -0.2) is 62.1 Å². The Kier molecular flexibility index (Phi) is 8.25. The fourth-order valence-electron chi connectivity index (χ4n) is 3.30. The fourth-order valence-corrected chi connectivity index (χ4v) is 3.30. The number of carbonyl (C=O) groups is 1. The number of rotatable bonds is 7. The van der Waals surface area contributed by atoms with Gasteiger partial charge >= 0.3 is 17.8 Å². The SMILES string of the molecule is O=C(NCC#Cc1ccc(CNc2ccn([C@H]3CC(O)[C@@H](CO)O3)c(=O)n2)c([N+](=O)[O-])c1)C(F)(F)F. The third kappa shape index (κ3) is 6.56. The summed E-state index contributed by atoms with van der Waals surface area (Å²) in [6, 6.07) is 5.35. The van der Waals surface area contributed by atoms with Crippen LogP contribution in [0.5, 0.6) is 0 Å². The topological polar surface area (TPSA) is 169 Å². The maximum Gasteiger partial charge on any atom is 0.471 e. The summed E-state index contributed by atoms with van der Waals surface area (Å²) in [5, 5.41) is 34.8. The number of alkyl halides is 3. The van der Waals surface area contributed by atoms with Gasteiger partial charge in [-0.15, -0.1) is 0 Å².